The Morgan fingerprint density at radius 3 is 2.82 bits per heavy atom. The van der Waals surface area contributed by atoms with Crippen LogP contribution in [0.5, 0.6) is 0 Å². The number of aromatic amines is 1. The molecule has 0 bridgehead atoms. The maximum absolute atomic E-state index is 12.6. The van der Waals surface area contributed by atoms with Crippen molar-refractivity contribution in [2.45, 2.75) is 33.6 Å². The van der Waals surface area contributed by atoms with Crippen molar-refractivity contribution in [1.82, 2.24) is 19.6 Å². The molecule has 0 fully saturated rings. The summed E-state index contributed by atoms with van der Waals surface area (Å²) < 4.78 is 6.83. The van der Waals surface area contributed by atoms with Gasteiger partial charge in [0.15, 0.2) is 5.58 Å². The lowest BCUT2D eigenvalue weighted by molar-refractivity contribution is -0.116. The van der Waals surface area contributed by atoms with E-state index in [9.17, 15) is 9.59 Å². The molecule has 1 aromatic carbocycles. The molecule has 0 unspecified atom stereocenters. The SMILES string of the molecule is Cc1nc2nc(C)c(CCC(=O)Nc3cc(Cl)c4oc(C)cc4c3)c(=O)n2[nH]1. The minimum Gasteiger partial charge on any atom is -0.460 e. The number of aryl methyl sites for hydroxylation is 3. The summed E-state index contributed by atoms with van der Waals surface area (Å²) >= 11 is 6.22. The lowest BCUT2D eigenvalue weighted by Gasteiger charge is -2.07. The summed E-state index contributed by atoms with van der Waals surface area (Å²) in [5.74, 6) is 1.45. The second-order valence-electron chi connectivity index (χ2n) is 6.71. The number of nitrogens with one attached hydrogen (secondary N) is 2. The van der Waals surface area contributed by atoms with Crippen molar-refractivity contribution in [3.63, 3.8) is 0 Å². The Balaban J connectivity index is 1.52. The van der Waals surface area contributed by atoms with Gasteiger partial charge in [-0.05, 0) is 45.4 Å². The Bertz CT molecular complexity index is 1280. The largest absolute Gasteiger partial charge is 0.460 e. The normalized spacial score (nSPS) is 11.4. The van der Waals surface area contributed by atoms with Crippen LogP contribution >= 0.6 is 11.6 Å². The zero-order chi connectivity index (χ0) is 20.0. The van der Waals surface area contributed by atoms with Crippen molar-refractivity contribution in [3.05, 3.63) is 56.4 Å². The van der Waals surface area contributed by atoms with Crippen molar-refractivity contribution in [2.24, 2.45) is 0 Å². The summed E-state index contributed by atoms with van der Waals surface area (Å²) in [6.45, 7) is 5.33. The molecular weight excluding hydrogens is 382 g/mol. The van der Waals surface area contributed by atoms with Crippen molar-refractivity contribution < 1.29 is 9.21 Å². The third-order valence-corrected chi connectivity index (χ3v) is 4.77. The van der Waals surface area contributed by atoms with Gasteiger partial charge in [-0.3, -0.25) is 14.7 Å². The summed E-state index contributed by atoms with van der Waals surface area (Å²) in [6, 6.07) is 5.30. The first-order chi connectivity index (χ1) is 13.3. The van der Waals surface area contributed by atoms with Crippen LogP contribution in [-0.4, -0.2) is 25.5 Å². The van der Waals surface area contributed by atoms with Gasteiger partial charge in [0, 0.05) is 23.1 Å². The molecule has 0 radical (unpaired) electrons. The quantitative estimate of drug-likeness (QED) is 0.547. The molecule has 28 heavy (non-hydrogen) atoms. The predicted octanol–water partition coefficient (Wildman–Crippen LogP) is 3.31. The number of halogens is 1. The van der Waals surface area contributed by atoms with E-state index in [1.807, 2.05) is 13.0 Å². The first-order valence-corrected chi connectivity index (χ1v) is 9.14. The lowest BCUT2D eigenvalue weighted by atomic mass is 10.1. The van der Waals surface area contributed by atoms with Gasteiger partial charge in [0.05, 0.1) is 10.7 Å². The number of amides is 1. The highest BCUT2D eigenvalue weighted by Gasteiger charge is 2.15. The van der Waals surface area contributed by atoms with Gasteiger partial charge in [-0.25, -0.2) is 4.98 Å². The Hall–Kier alpha value is -3.13. The van der Waals surface area contributed by atoms with Crippen molar-refractivity contribution >= 4 is 39.9 Å². The highest BCUT2D eigenvalue weighted by molar-refractivity contribution is 6.35. The van der Waals surface area contributed by atoms with E-state index >= 15 is 0 Å². The van der Waals surface area contributed by atoms with Gasteiger partial charge in [-0.15, -0.1) is 0 Å². The Morgan fingerprint density at radius 2 is 2.04 bits per heavy atom. The highest BCUT2D eigenvalue weighted by atomic mass is 35.5. The van der Waals surface area contributed by atoms with Gasteiger partial charge < -0.3 is 9.73 Å². The number of anilines is 1. The van der Waals surface area contributed by atoms with Gasteiger partial charge in [0.2, 0.25) is 5.91 Å². The number of furan rings is 1. The fourth-order valence-electron chi connectivity index (χ4n) is 3.22. The van der Waals surface area contributed by atoms with E-state index in [0.29, 0.717) is 39.2 Å². The van der Waals surface area contributed by atoms with Crippen molar-refractivity contribution in [1.29, 1.82) is 0 Å². The summed E-state index contributed by atoms with van der Waals surface area (Å²) in [4.78, 5) is 33.5. The molecule has 2 N–H and O–H groups in total. The molecule has 8 nitrogen and oxygen atoms in total. The van der Waals surface area contributed by atoms with Crippen LogP contribution in [0.3, 0.4) is 0 Å². The van der Waals surface area contributed by atoms with E-state index in [2.05, 4.69) is 20.4 Å². The van der Waals surface area contributed by atoms with Crippen LogP contribution in [0.1, 0.15) is 29.3 Å². The number of hydrogen-bond donors (Lipinski definition) is 2. The average molecular weight is 400 g/mol. The summed E-state index contributed by atoms with van der Waals surface area (Å²) in [5.41, 5.74) is 1.98. The number of fused-ring (bicyclic) bond motifs is 2. The molecule has 9 heteroatoms. The second kappa shape index (κ2) is 6.79. The minimum absolute atomic E-state index is 0.136. The van der Waals surface area contributed by atoms with E-state index in [1.165, 1.54) is 4.52 Å². The summed E-state index contributed by atoms with van der Waals surface area (Å²) in [6.07, 6.45) is 0.405. The van der Waals surface area contributed by atoms with Crippen LogP contribution in [-0.2, 0) is 11.2 Å². The number of carbonyl (C=O) groups is 1. The van der Waals surface area contributed by atoms with Crippen LogP contribution in [0, 0.1) is 20.8 Å². The molecule has 4 aromatic rings. The van der Waals surface area contributed by atoms with E-state index in [1.54, 1.807) is 26.0 Å². The Labute approximate surface area is 164 Å². The monoisotopic (exact) mass is 399 g/mol. The molecule has 3 aromatic heterocycles. The summed E-state index contributed by atoms with van der Waals surface area (Å²) in [7, 11) is 0. The third kappa shape index (κ3) is 3.27. The molecule has 1 amide bonds. The number of benzene rings is 1. The first kappa shape index (κ1) is 18.2. The summed E-state index contributed by atoms with van der Waals surface area (Å²) in [5, 5.41) is 6.92. The average Bonchev–Trinajstić information content (AvgIpc) is 3.16. The Morgan fingerprint density at radius 1 is 1.25 bits per heavy atom. The standard InChI is InChI=1S/C19H18ClN5O3/c1-9-6-12-7-13(8-15(20)17(12)28-9)23-16(26)5-4-14-10(2)21-19-22-11(3)24-25(19)18(14)27/h6-8H,4-5H2,1-3H3,(H,23,26)(H,21,22,24). The fraction of sp³-hybridized carbons (Fsp3) is 0.263. The zero-order valence-corrected chi connectivity index (χ0v) is 16.3. The minimum atomic E-state index is -0.241. The number of nitrogens with zero attached hydrogens (tertiary/aromatic N) is 3. The van der Waals surface area contributed by atoms with Crippen LogP contribution < -0.4 is 10.9 Å². The molecule has 144 valence electrons. The lowest BCUT2D eigenvalue weighted by Crippen LogP contribution is -2.23. The smallest absolute Gasteiger partial charge is 0.277 e. The molecule has 0 saturated carbocycles. The van der Waals surface area contributed by atoms with Crippen LogP contribution in [0.4, 0.5) is 5.69 Å². The second-order valence-corrected chi connectivity index (χ2v) is 7.11. The molecule has 0 aliphatic heterocycles. The highest BCUT2D eigenvalue weighted by Crippen LogP contribution is 2.30. The Kier molecular flexibility index (Phi) is 4.43. The molecule has 0 aliphatic rings. The molecular formula is C19H18ClN5O3. The van der Waals surface area contributed by atoms with Crippen molar-refractivity contribution in [3.8, 4) is 0 Å². The third-order valence-electron chi connectivity index (χ3n) is 4.49. The van der Waals surface area contributed by atoms with Gasteiger partial charge >= 0.3 is 0 Å². The zero-order valence-electron chi connectivity index (χ0n) is 15.6. The number of hydrogen-bond acceptors (Lipinski definition) is 5. The molecule has 0 atom stereocenters. The fourth-order valence-corrected chi connectivity index (χ4v) is 3.49. The molecule has 0 aliphatic carbocycles. The maximum atomic E-state index is 12.6. The number of aromatic nitrogens is 4. The number of rotatable bonds is 4. The number of carbonyl (C=O) groups excluding carboxylic acids is 1. The van der Waals surface area contributed by atoms with Gasteiger partial charge in [0.1, 0.15) is 11.6 Å². The van der Waals surface area contributed by atoms with Crippen LogP contribution in [0.15, 0.2) is 27.4 Å². The van der Waals surface area contributed by atoms with Crippen LogP contribution in [0.25, 0.3) is 16.7 Å². The molecule has 0 spiro atoms. The topological polar surface area (TPSA) is 105 Å². The molecule has 0 saturated heterocycles. The maximum Gasteiger partial charge on any atom is 0.277 e. The van der Waals surface area contributed by atoms with Crippen LogP contribution in [0.2, 0.25) is 5.02 Å². The first-order valence-electron chi connectivity index (χ1n) is 8.76. The van der Waals surface area contributed by atoms with Gasteiger partial charge in [-0.2, -0.15) is 9.50 Å². The van der Waals surface area contributed by atoms with E-state index in [-0.39, 0.29) is 24.3 Å². The van der Waals surface area contributed by atoms with E-state index in [4.69, 9.17) is 16.0 Å². The van der Waals surface area contributed by atoms with E-state index in [0.717, 1.165) is 11.1 Å². The van der Waals surface area contributed by atoms with Crippen molar-refractivity contribution in [2.75, 3.05) is 5.32 Å². The van der Waals surface area contributed by atoms with Gasteiger partial charge in [0.25, 0.3) is 11.3 Å². The van der Waals surface area contributed by atoms with Gasteiger partial charge in [-0.1, -0.05) is 11.6 Å². The predicted molar refractivity (Wildman–Crippen MR) is 106 cm³/mol. The number of H-pyrrole nitrogens is 1. The molecule has 4 rings (SSSR count). The molecule has 3 heterocycles. The van der Waals surface area contributed by atoms with E-state index < -0.39 is 0 Å².